The quantitative estimate of drug-likeness (QED) is 0.649. The van der Waals surface area contributed by atoms with Gasteiger partial charge in [0.05, 0.1) is 12.7 Å². The molecule has 0 amide bonds. The van der Waals surface area contributed by atoms with Gasteiger partial charge in [-0.3, -0.25) is 0 Å². The van der Waals surface area contributed by atoms with Crippen molar-refractivity contribution in [3.8, 4) is 11.1 Å². The SMILES string of the molecule is COC(=O)c1ccc(-c2cccc(C)c2)cc1N. The van der Waals surface area contributed by atoms with E-state index in [1.807, 2.05) is 31.2 Å². The lowest BCUT2D eigenvalue weighted by Crippen LogP contribution is -2.05. The van der Waals surface area contributed by atoms with Crippen LogP contribution in [0.2, 0.25) is 0 Å². The molecule has 3 nitrogen and oxygen atoms in total. The largest absolute Gasteiger partial charge is 0.465 e. The van der Waals surface area contributed by atoms with Crippen LogP contribution in [-0.2, 0) is 4.74 Å². The molecular formula is C15H15NO2. The monoisotopic (exact) mass is 241 g/mol. The lowest BCUT2D eigenvalue weighted by Gasteiger charge is -2.07. The molecular weight excluding hydrogens is 226 g/mol. The van der Waals surface area contributed by atoms with E-state index in [-0.39, 0.29) is 0 Å². The maximum absolute atomic E-state index is 11.4. The molecule has 2 rings (SSSR count). The summed E-state index contributed by atoms with van der Waals surface area (Å²) in [6, 6.07) is 13.5. The number of aryl methyl sites for hydroxylation is 1. The molecule has 0 fully saturated rings. The van der Waals surface area contributed by atoms with Crippen molar-refractivity contribution in [1.29, 1.82) is 0 Å². The Balaban J connectivity index is 2.43. The van der Waals surface area contributed by atoms with Crippen LogP contribution in [-0.4, -0.2) is 13.1 Å². The molecule has 0 aliphatic carbocycles. The van der Waals surface area contributed by atoms with Crippen molar-refractivity contribution in [3.05, 3.63) is 53.6 Å². The van der Waals surface area contributed by atoms with Gasteiger partial charge in [0.25, 0.3) is 0 Å². The highest BCUT2D eigenvalue weighted by molar-refractivity contribution is 5.96. The van der Waals surface area contributed by atoms with Gasteiger partial charge in [-0.15, -0.1) is 0 Å². The number of anilines is 1. The minimum absolute atomic E-state index is 0.397. The number of esters is 1. The summed E-state index contributed by atoms with van der Waals surface area (Å²) in [6.45, 7) is 2.04. The molecule has 18 heavy (non-hydrogen) atoms. The number of hydrogen-bond donors (Lipinski definition) is 1. The molecule has 0 saturated carbocycles. The maximum Gasteiger partial charge on any atom is 0.339 e. The van der Waals surface area contributed by atoms with Gasteiger partial charge in [0.15, 0.2) is 0 Å². The molecule has 0 radical (unpaired) electrons. The molecule has 0 unspecified atom stereocenters. The van der Waals surface area contributed by atoms with Gasteiger partial charge < -0.3 is 10.5 Å². The Kier molecular flexibility index (Phi) is 3.33. The van der Waals surface area contributed by atoms with Gasteiger partial charge in [-0.25, -0.2) is 4.79 Å². The van der Waals surface area contributed by atoms with Gasteiger partial charge in [-0.1, -0.05) is 35.9 Å². The number of carbonyl (C=O) groups excluding carboxylic acids is 1. The summed E-state index contributed by atoms with van der Waals surface area (Å²) in [7, 11) is 1.34. The van der Waals surface area contributed by atoms with Crippen LogP contribution in [0, 0.1) is 6.92 Å². The average molecular weight is 241 g/mol. The zero-order valence-corrected chi connectivity index (χ0v) is 10.4. The van der Waals surface area contributed by atoms with Gasteiger partial charge in [0.2, 0.25) is 0 Å². The summed E-state index contributed by atoms with van der Waals surface area (Å²) in [5.74, 6) is -0.414. The summed E-state index contributed by atoms with van der Waals surface area (Å²) in [6.07, 6.45) is 0. The summed E-state index contributed by atoms with van der Waals surface area (Å²) in [4.78, 5) is 11.4. The second kappa shape index (κ2) is 4.92. The van der Waals surface area contributed by atoms with Gasteiger partial charge in [-0.05, 0) is 30.2 Å². The molecule has 0 saturated heterocycles. The number of ether oxygens (including phenoxy) is 1. The third-order valence-electron chi connectivity index (χ3n) is 2.81. The van der Waals surface area contributed by atoms with E-state index in [1.165, 1.54) is 12.7 Å². The van der Waals surface area contributed by atoms with Crippen LogP contribution in [0.3, 0.4) is 0 Å². The third kappa shape index (κ3) is 2.35. The standard InChI is InChI=1S/C15H15NO2/c1-10-4-3-5-11(8-10)12-6-7-13(14(16)9-12)15(17)18-2/h3-9H,16H2,1-2H3. The summed E-state index contributed by atoms with van der Waals surface area (Å²) in [5.41, 5.74) is 9.96. The first kappa shape index (κ1) is 12.2. The highest BCUT2D eigenvalue weighted by Gasteiger charge is 2.10. The smallest absolute Gasteiger partial charge is 0.339 e. The molecule has 0 spiro atoms. The number of carbonyl (C=O) groups is 1. The van der Waals surface area contributed by atoms with E-state index in [0.717, 1.165) is 11.1 Å². The zero-order valence-electron chi connectivity index (χ0n) is 10.4. The molecule has 0 aliphatic heterocycles. The van der Waals surface area contributed by atoms with Crippen LogP contribution in [0.4, 0.5) is 5.69 Å². The van der Waals surface area contributed by atoms with Crippen LogP contribution < -0.4 is 5.73 Å². The highest BCUT2D eigenvalue weighted by atomic mass is 16.5. The predicted molar refractivity (Wildman–Crippen MR) is 72.4 cm³/mol. The Hall–Kier alpha value is -2.29. The minimum Gasteiger partial charge on any atom is -0.465 e. The topological polar surface area (TPSA) is 52.3 Å². The molecule has 2 N–H and O–H groups in total. The van der Waals surface area contributed by atoms with Gasteiger partial charge in [-0.2, -0.15) is 0 Å². The van der Waals surface area contributed by atoms with Crippen LogP contribution in [0.5, 0.6) is 0 Å². The van der Waals surface area contributed by atoms with Crippen molar-refractivity contribution < 1.29 is 9.53 Å². The Morgan fingerprint density at radius 3 is 2.44 bits per heavy atom. The van der Waals surface area contributed by atoms with Crippen LogP contribution in [0.15, 0.2) is 42.5 Å². The Bertz CT molecular complexity index is 591. The van der Waals surface area contributed by atoms with Gasteiger partial charge >= 0.3 is 5.97 Å². The molecule has 92 valence electrons. The van der Waals surface area contributed by atoms with E-state index >= 15 is 0 Å². The van der Waals surface area contributed by atoms with Crippen molar-refractivity contribution in [2.75, 3.05) is 12.8 Å². The van der Waals surface area contributed by atoms with E-state index in [0.29, 0.717) is 11.3 Å². The van der Waals surface area contributed by atoms with E-state index in [9.17, 15) is 4.79 Å². The number of rotatable bonds is 2. The number of nitrogen functional groups attached to an aromatic ring is 1. The molecule has 3 heteroatoms. The van der Waals surface area contributed by atoms with Gasteiger partial charge in [0.1, 0.15) is 0 Å². The average Bonchev–Trinajstić information content (AvgIpc) is 2.37. The van der Waals surface area contributed by atoms with Crippen molar-refractivity contribution in [2.24, 2.45) is 0 Å². The zero-order chi connectivity index (χ0) is 13.1. The molecule has 0 aliphatic rings. The molecule has 0 bridgehead atoms. The van der Waals surface area contributed by atoms with Crippen LogP contribution >= 0.6 is 0 Å². The number of benzene rings is 2. The summed E-state index contributed by atoms with van der Waals surface area (Å²) < 4.78 is 4.66. The first-order valence-corrected chi connectivity index (χ1v) is 5.66. The third-order valence-corrected chi connectivity index (χ3v) is 2.81. The minimum atomic E-state index is -0.414. The second-order valence-electron chi connectivity index (χ2n) is 4.16. The predicted octanol–water partition coefficient (Wildman–Crippen LogP) is 3.03. The van der Waals surface area contributed by atoms with E-state index < -0.39 is 5.97 Å². The lowest BCUT2D eigenvalue weighted by atomic mass is 10.0. The van der Waals surface area contributed by atoms with Crippen LogP contribution in [0.1, 0.15) is 15.9 Å². The second-order valence-corrected chi connectivity index (χ2v) is 4.16. The fourth-order valence-corrected chi connectivity index (χ4v) is 1.86. The van der Waals surface area contributed by atoms with E-state index in [2.05, 4.69) is 10.8 Å². The fraction of sp³-hybridized carbons (Fsp3) is 0.133. The summed E-state index contributed by atoms with van der Waals surface area (Å²) >= 11 is 0. The molecule has 0 heterocycles. The van der Waals surface area contributed by atoms with Gasteiger partial charge in [0, 0.05) is 5.69 Å². The molecule has 0 atom stereocenters. The Labute approximate surface area is 106 Å². The number of methoxy groups -OCH3 is 1. The highest BCUT2D eigenvalue weighted by Crippen LogP contribution is 2.25. The van der Waals surface area contributed by atoms with Crippen molar-refractivity contribution >= 4 is 11.7 Å². The van der Waals surface area contributed by atoms with E-state index in [1.54, 1.807) is 12.1 Å². The number of hydrogen-bond acceptors (Lipinski definition) is 3. The lowest BCUT2D eigenvalue weighted by molar-refractivity contribution is 0.0602. The first-order chi connectivity index (χ1) is 8.61. The first-order valence-electron chi connectivity index (χ1n) is 5.66. The maximum atomic E-state index is 11.4. The van der Waals surface area contributed by atoms with E-state index in [4.69, 9.17) is 5.73 Å². The normalized spacial score (nSPS) is 10.1. The summed E-state index contributed by atoms with van der Waals surface area (Å²) in [5, 5.41) is 0. The van der Waals surface area contributed by atoms with Crippen molar-refractivity contribution in [2.45, 2.75) is 6.92 Å². The molecule has 2 aromatic carbocycles. The Morgan fingerprint density at radius 1 is 1.11 bits per heavy atom. The van der Waals surface area contributed by atoms with Crippen LogP contribution in [0.25, 0.3) is 11.1 Å². The van der Waals surface area contributed by atoms with Crippen molar-refractivity contribution in [3.63, 3.8) is 0 Å². The Morgan fingerprint density at radius 2 is 1.83 bits per heavy atom. The molecule has 0 aromatic heterocycles. The molecule has 2 aromatic rings. The fourth-order valence-electron chi connectivity index (χ4n) is 1.86. The van der Waals surface area contributed by atoms with Crippen molar-refractivity contribution in [1.82, 2.24) is 0 Å². The number of nitrogens with two attached hydrogens (primary N) is 1.